The fraction of sp³-hybridized carbons (Fsp3) is 0.533. The molecule has 0 aromatic heterocycles. The van der Waals surface area contributed by atoms with Crippen LogP contribution in [0.3, 0.4) is 0 Å². The van der Waals surface area contributed by atoms with Gasteiger partial charge in [-0.25, -0.2) is 18.1 Å². The first-order chi connectivity index (χ1) is 11.6. The van der Waals surface area contributed by atoms with Crippen molar-refractivity contribution in [2.24, 2.45) is 4.99 Å². The van der Waals surface area contributed by atoms with Crippen LogP contribution in [0.25, 0.3) is 0 Å². The lowest BCUT2D eigenvalue weighted by atomic mass is 10.1. The highest BCUT2D eigenvalue weighted by molar-refractivity contribution is 7.88. The molecular formula is C15H23F3N4O2S. The van der Waals surface area contributed by atoms with Gasteiger partial charge in [-0.15, -0.1) is 0 Å². The van der Waals surface area contributed by atoms with Crippen molar-refractivity contribution in [1.82, 2.24) is 15.4 Å². The molecule has 6 nitrogen and oxygen atoms in total. The van der Waals surface area contributed by atoms with Gasteiger partial charge >= 0.3 is 6.18 Å². The molecule has 0 heterocycles. The van der Waals surface area contributed by atoms with Crippen molar-refractivity contribution in [2.45, 2.75) is 31.8 Å². The number of alkyl halides is 3. The van der Waals surface area contributed by atoms with Crippen molar-refractivity contribution in [1.29, 1.82) is 0 Å². The minimum atomic E-state index is -4.21. The lowest BCUT2D eigenvalue weighted by molar-refractivity contribution is -0.132. The maximum Gasteiger partial charge on any atom is 0.390 e. The fourth-order valence-electron chi connectivity index (χ4n) is 1.87. The molecule has 25 heavy (non-hydrogen) atoms. The van der Waals surface area contributed by atoms with Crippen LogP contribution >= 0.6 is 0 Å². The Labute approximate surface area is 146 Å². The summed E-state index contributed by atoms with van der Waals surface area (Å²) in [7, 11) is -1.98. The number of benzene rings is 1. The predicted octanol–water partition coefficient (Wildman–Crippen LogP) is 1.74. The van der Waals surface area contributed by atoms with Gasteiger partial charge in [0, 0.05) is 13.1 Å². The Hall–Kier alpha value is -1.81. The van der Waals surface area contributed by atoms with E-state index < -0.39 is 22.6 Å². The van der Waals surface area contributed by atoms with Crippen LogP contribution in [0.5, 0.6) is 0 Å². The molecule has 0 bridgehead atoms. The number of nitrogens with one attached hydrogen (secondary N) is 3. The Morgan fingerprint density at radius 3 is 2.24 bits per heavy atom. The Bertz CT molecular complexity index is 658. The Balaban J connectivity index is 2.63. The zero-order valence-electron chi connectivity index (χ0n) is 14.2. The van der Waals surface area contributed by atoms with Gasteiger partial charge in [-0.1, -0.05) is 24.3 Å². The van der Waals surface area contributed by atoms with E-state index in [9.17, 15) is 21.6 Å². The number of rotatable bonds is 8. The highest BCUT2D eigenvalue weighted by Crippen LogP contribution is 2.18. The van der Waals surface area contributed by atoms with Gasteiger partial charge in [0.05, 0.1) is 18.7 Å². The Kier molecular flexibility index (Phi) is 8.17. The molecule has 10 heteroatoms. The number of sulfonamides is 1. The van der Waals surface area contributed by atoms with Crippen LogP contribution < -0.4 is 15.4 Å². The van der Waals surface area contributed by atoms with Gasteiger partial charge in [-0.2, -0.15) is 13.2 Å². The molecule has 142 valence electrons. The average molecular weight is 380 g/mol. The van der Waals surface area contributed by atoms with Gasteiger partial charge in [0.15, 0.2) is 5.96 Å². The van der Waals surface area contributed by atoms with Gasteiger partial charge in [0.25, 0.3) is 0 Å². The molecule has 0 saturated heterocycles. The summed E-state index contributed by atoms with van der Waals surface area (Å²) >= 11 is 0. The molecule has 0 aliphatic carbocycles. The van der Waals surface area contributed by atoms with E-state index in [1.165, 1.54) is 7.05 Å². The number of hydrogen-bond donors (Lipinski definition) is 3. The van der Waals surface area contributed by atoms with Crippen molar-refractivity contribution in [3.8, 4) is 0 Å². The van der Waals surface area contributed by atoms with E-state index in [2.05, 4.69) is 20.3 Å². The molecule has 1 rings (SSSR count). The third kappa shape index (κ3) is 9.30. The van der Waals surface area contributed by atoms with Crippen molar-refractivity contribution >= 4 is 16.0 Å². The van der Waals surface area contributed by atoms with Gasteiger partial charge in [0.1, 0.15) is 0 Å². The smallest absolute Gasteiger partial charge is 0.357 e. The van der Waals surface area contributed by atoms with Crippen molar-refractivity contribution in [2.75, 3.05) is 20.1 Å². The monoisotopic (exact) mass is 380 g/mol. The van der Waals surface area contributed by atoms with Crippen LogP contribution in [-0.4, -0.2) is 40.7 Å². The van der Waals surface area contributed by atoms with Gasteiger partial charge in [0.2, 0.25) is 10.0 Å². The molecule has 0 aliphatic rings. The zero-order valence-corrected chi connectivity index (χ0v) is 15.0. The first kappa shape index (κ1) is 21.2. The van der Waals surface area contributed by atoms with E-state index in [0.717, 1.165) is 5.56 Å². The summed E-state index contributed by atoms with van der Waals surface area (Å²) in [5.74, 6) is 0.183. The van der Waals surface area contributed by atoms with Crippen LogP contribution in [0.15, 0.2) is 29.3 Å². The van der Waals surface area contributed by atoms with Crippen LogP contribution in [0.1, 0.15) is 24.5 Å². The van der Waals surface area contributed by atoms with E-state index >= 15 is 0 Å². The summed E-state index contributed by atoms with van der Waals surface area (Å²) in [5, 5.41) is 5.50. The Morgan fingerprint density at radius 1 is 1.12 bits per heavy atom. The molecule has 1 aromatic rings. The number of aliphatic imine (C=N–C) groups is 1. The molecule has 0 amide bonds. The molecule has 0 aliphatic heterocycles. The minimum Gasteiger partial charge on any atom is -0.357 e. The third-order valence-electron chi connectivity index (χ3n) is 3.16. The Morgan fingerprint density at radius 2 is 1.72 bits per heavy atom. The quantitative estimate of drug-likeness (QED) is 0.474. The number of guanidine groups is 1. The summed E-state index contributed by atoms with van der Waals surface area (Å²) in [4.78, 5) is 4.22. The zero-order chi connectivity index (χ0) is 18.9. The summed E-state index contributed by atoms with van der Waals surface area (Å²) in [6, 6.07) is 6.85. The second-order valence-electron chi connectivity index (χ2n) is 5.27. The lowest BCUT2D eigenvalue weighted by Gasteiger charge is -2.12. The standard InChI is InChI=1S/C15H23F3N4O2S/c1-3-20-14(21-9-8-15(16,17)18)22-10-12-4-6-13(7-5-12)11-25(23,24)19-2/h4-7,19H,3,8-11H2,1-2H3,(H2,20,21,22). The van der Waals surface area contributed by atoms with Gasteiger partial charge < -0.3 is 10.6 Å². The molecule has 0 saturated carbocycles. The molecule has 0 spiro atoms. The van der Waals surface area contributed by atoms with Crippen LogP contribution in [-0.2, 0) is 22.3 Å². The first-order valence-electron chi connectivity index (χ1n) is 7.73. The molecule has 0 unspecified atom stereocenters. The molecule has 0 radical (unpaired) electrons. The first-order valence-corrected chi connectivity index (χ1v) is 9.38. The van der Waals surface area contributed by atoms with E-state index in [0.29, 0.717) is 18.1 Å². The van der Waals surface area contributed by atoms with Gasteiger partial charge in [-0.05, 0) is 25.1 Å². The molecule has 0 atom stereocenters. The van der Waals surface area contributed by atoms with E-state index in [1.807, 2.05) is 6.92 Å². The predicted molar refractivity (Wildman–Crippen MR) is 91.6 cm³/mol. The fourth-order valence-corrected chi connectivity index (χ4v) is 2.64. The summed E-state index contributed by atoms with van der Waals surface area (Å²) in [6.45, 7) is 2.35. The summed E-state index contributed by atoms with van der Waals surface area (Å²) in [6.07, 6.45) is -5.15. The SMILES string of the molecule is CCNC(=NCc1ccc(CS(=O)(=O)NC)cc1)NCCC(F)(F)F. The summed E-state index contributed by atoms with van der Waals surface area (Å²) < 4.78 is 61.7. The molecule has 3 N–H and O–H groups in total. The second kappa shape index (κ2) is 9.62. The van der Waals surface area contributed by atoms with Gasteiger partial charge in [-0.3, -0.25) is 0 Å². The van der Waals surface area contributed by atoms with Crippen LogP contribution in [0.4, 0.5) is 13.2 Å². The topological polar surface area (TPSA) is 82.6 Å². The summed E-state index contributed by atoms with van der Waals surface area (Å²) in [5.41, 5.74) is 1.45. The normalized spacial score (nSPS) is 12.9. The van der Waals surface area contributed by atoms with Crippen molar-refractivity contribution in [3.63, 3.8) is 0 Å². The second-order valence-corrected chi connectivity index (χ2v) is 7.19. The molecular weight excluding hydrogens is 357 g/mol. The number of nitrogens with zero attached hydrogens (tertiary/aromatic N) is 1. The van der Waals surface area contributed by atoms with E-state index in [4.69, 9.17) is 0 Å². The minimum absolute atomic E-state index is 0.116. The highest BCUT2D eigenvalue weighted by atomic mass is 32.2. The van der Waals surface area contributed by atoms with Crippen LogP contribution in [0.2, 0.25) is 0 Å². The number of hydrogen-bond acceptors (Lipinski definition) is 3. The van der Waals surface area contributed by atoms with Crippen LogP contribution in [0, 0.1) is 0 Å². The number of halogens is 3. The largest absolute Gasteiger partial charge is 0.390 e. The maximum absolute atomic E-state index is 12.2. The average Bonchev–Trinajstić information content (AvgIpc) is 2.52. The lowest BCUT2D eigenvalue weighted by Crippen LogP contribution is -2.38. The van der Waals surface area contributed by atoms with Crippen molar-refractivity contribution < 1.29 is 21.6 Å². The van der Waals surface area contributed by atoms with E-state index in [1.54, 1.807) is 24.3 Å². The highest BCUT2D eigenvalue weighted by Gasteiger charge is 2.26. The van der Waals surface area contributed by atoms with Crippen molar-refractivity contribution in [3.05, 3.63) is 35.4 Å². The molecule has 1 aromatic carbocycles. The van der Waals surface area contributed by atoms with E-state index in [-0.39, 0.29) is 18.8 Å². The third-order valence-corrected chi connectivity index (χ3v) is 4.49. The molecule has 0 fully saturated rings. The maximum atomic E-state index is 12.2.